The highest BCUT2D eigenvalue weighted by molar-refractivity contribution is 5.54. The molecule has 29 heavy (non-hydrogen) atoms. The Bertz CT molecular complexity index is 689. The Morgan fingerprint density at radius 3 is 1.79 bits per heavy atom. The molecule has 168 valence electrons. The van der Waals surface area contributed by atoms with Crippen LogP contribution in [-0.2, 0) is 0 Å². The lowest BCUT2D eigenvalue weighted by molar-refractivity contribution is -0.311. The maximum atomic E-state index is 14.3. The minimum Gasteiger partial charge on any atom is -0.274 e. The Balaban J connectivity index is 3.45. The van der Waals surface area contributed by atoms with E-state index in [4.69, 9.17) is 0 Å². The van der Waals surface area contributed by atoms with E-state index in [2.05, 4.69) is 0 Å². The van der Waals surface area contributed by atoms with Crippen molar-refractivity contribution in [3.8, 4) is 0 Å². The highest BCUT2D eigenvalue weighted by Gasteiger charge is 2.74. The third kappa shape index (κ3) is 4.40. The molecule has 0 radical (unpaired) electrons. The topological polar surface area (TPSA) is 3.24 Å². The molecule has 0 saturated heterocycles. The van der Waals surface area contributed by atoms with E-state index in [0.29, 0.717) is 19.8 Å². The summed E-state index contributed by atoms with van der Waals surface area (Å²) in [5.74, 6) is -21.5. The molecule has 0 amide bonds. The fourth-order valence-corrected chi connectivity index (χ4v) is 2.57. The van der Waals surface area contributed by atoms with Crippen LogP contribution in [0.3, 0.4) is 0 Å². The van der Waals surface area contributed by atoms with Crippen molar-refractivity contribution in [3.05, 3.63) is 28.8 Å². The molecule has 0 aliphatic heterocycles. The first-order valence-electron chi connectivity index (χ1n) is 8.48. The lowest BCUT2D eigenvalue weighted by atomic mass is 10.0. The Kier molecular flexibility index (Phi) is 7.80. The zero-order chi connectivity index (χ0) is 22.8. The van der Waals surface area contributed by atoms with Crippen LogP contribution in [0.25, 0.3) is 0 Å². The average Bonchev–Trinajstić information content (AvgIpc) is 2.64. The number of hydrogen-bond acceptors (Lipinski definition) is 1. The molecule has 1 aromatic rings. The third-order valence-corrected chi connectivity index (χ3v) is 4.37. The number of alkyl halides is 7. The molecular formula is C17H18F11N. The first-order valence-corrected chi connectivity index (χ1v) is 8.48. The molecule has 1 aromatic carbocycles. The van der Waals surface area contributed by atoms with Gasteiger partial charge < -0.3 is 0 Å². The van der Waals surface area contributed by atoms with Gasteiger partial charge in [0, 0.05) is 12.0 Å². The molecule has 1 nitrogen and oxygen atoms in total. The number of benzene rings is 1. The molecule has 0 spiro atoms. The number of unbranched alkanes of at least 4 members (excludes halogenated alkanes) is 3. The molecule has 0 saturated carbocycles. The van der Waals surface area contributed by atoms with Crippen LogP contribution >= 0.6 is 0 Å². The summed E-state index contributed by atoms with van der Waals surface area (Å²) in [6.07, 6.45) is -1.38. The number of hydrogen-bond donors (Lipinski definition) is 0. The Morgan fingerprint density at radius 2 is 1.31 bits per heavy atom. The van der Waals surface area contributed by atoms with Gasteiger partial charge in [-0.2, -0.15) is 26.3 Å². The van der Waals surface area contributed by atoms with Gasteiger partial charge in [0.2, 0.25) is 0 Å². The van der Waals surface area contributed by atoms with Gasteiger partial charge in [-0.15, -0.1) is 0 Å². The van der Waals surface area contributed by atoms with E-state index in [1.165, 1.54) is 0 Å². The van der Waals surface area contributed by atoms with Crippen molar-refractivity contribution in [1.82, 2.24) is 0 Å². The largest absolute Gasteiger partial charge is 0.397 e. The normalized spacial score (nSPS) is 13.1. The Hall–Kier alpha value is -1.75. The van der Waals surface area contributed by atoms with Gasteiger partial charge in [-0.05, 0) is 13.3 Å². The van der Waals surface area contributed by atoms with Crippen molar-refractivity contribution >= 4 is 5.69 Å². The van der Waals surface area contributed by atoms with Crippen LogP contribution in [0.1, 0.15) is 44.6 Å². The first-order chi connectivity index (χ1) is 13.2. The van der Waals surface area contributed by atoms with Crippen molar-refractivity contribution in [1.29, 1.82) is 0 Å². The second-order valence-corrected chi connectivity index (χ2v) is 6.41. The third-order valence-electron chi connectivity index (χ3n) is 4.37. The van der Waals surface area contributed by atoms with Crippen molar-refractivity contribution in [3.63, 3.8) is 0 Å². The second-order valence-electron chi connectivity index (χ2n) is 6.41. The first kappa shape index (κ1) is 25.3. The van der Waals surface area contributed by atoms with E-state index in [-0.39, 0.29) is 6.42 Å². The molecule has 0 unspecified atom stereocenters. The van der Waals surface area contributed by atoms with Crippen LogP contribution in [0, 0.1) is 30.2 Å². The second kappa shape index (κ2) is 8.95. The van der Waals surface area contributed by atoms with Crippen molar-refractivity contribution in [2.45, 2.75) is 63.8 Å². The van der Waals surface area contributed by atoms with Crippen LogP contribution < -0.4 is 4.90 Å². The van der Waals surface area contributed by atoms with Gasteiger partial charge in [-0.25, -0.2) is 22.0 Å². The zero-order valence-electron chi connectivity index (χ0n) is 15.3. The van der Waals surface area contributed by atoms with Gasteiger partial charge in [0.05, 0.1) is 0 Å². The van der Waals surface area contributed by atoms with Crippen LogP contribution in [0.4, 0.5) is 54.0 Å². The number of rotatable bonds is 10. The van der Waals surface area contributed by atoms with Crippen LogP contribution in [0.2, 0.25) is 0 Å². The molecule has 0 fully saturated rings. The SMILES string of the molecule is CCCCCCC(F)(F)C(F)(F)C(F)(F)N(CF)c1c(F)c(C)c(F)c(F)c1F. The van der Waals surface area contributed by atoms with E-state index in [1.54, 1.807) is 6.92 Å². The van der Waals surface area contributed by atoms with Gasteiger partial charge in [0.15, 0.2) is 30.1 Å². The minimum absolute atomic E-state index is 0.0200. The number of halogens is 11. The van der Waals surface area contributed by atoms with Gasteiger partial charge in [-0.1, -0.05) is 26.2 Å². The lowest BCUT2D eigenvalue weighted by Crippen LogP contribution is -2.62. The van der Waals surface area contributed by atoms with Crippen molar-refractivity contribution in [2.75, 3.05) is 11.7 Å². The van der Waals surface area contributed by atoms with E-state index < -0.39 is 77.0 Å². The molecule has 0 atom stereocenters. The highest BCUT2D eigenvalue weighted by atomic mass is 19.3. The van der Waals surface area contributed by atoms with Crippen LogP contribution in [0.15, 0.2) is 0 Å². The van der Waals surface area contributed by atoms with Gasteiger partial charge in [-0.3, -0.25) is 4.90 Å². The molecule has 0 heterocycles. The lowest BCUT2D eigenvalue weighted by Gasteiger charge is -2.39. The minimum atomic E-state index is -6.30. The molecule has 0 aliphatic rings. The predicted octanol–water partition coefficient (Wildman–Crippen LogP) is 7.12. The molecule has 1 rings (SSSR count). The standard InChI is InChI=1S/C17H18F11N/c1-3-4-5-6-7-15(23,24)16(25,26)17(27,28)29(8-18)14-11(20)9(2)10(19)12(21)13(14)22/h3-8H2,1-2H3. The number of anilines is 1. The molecule has 0 aromatic heterocycles. The van der Waals surface area contributed by atoms with E-state index in [9.17, 15) is 48.3 Å². The fourth-order valence-electron chi connectivity index (χ4n) is 2.57. The van der Waals surface area contributed by atoms with E-state index in [0.717, 1.165) is 0 Å². The highest BCUT2D eigenvalue weighted by Crippen LogP contribution is 2.51. The van der Waals surface area contributed by atoms with Gasteiger partial charge in [0.25, 0.3) is 0 Å². The summed E-state index contributed by atoms with van der Waals surface area (Å²) in [7, 11) is 0. The predicted molar refractivity (Wildman–Crippen MR) is 83.1 cm³/mol. The summed E-state index contributed by atoms with van der Waals surface area (Å²) in [4.78, 5) is -1.67. The number of nitrogens with zero attached hydrogens (tertiary/aromatic N) is 1. The maximum absolute atomic E-state index is 14.3. The molecule has 0 aliphatic carbocycles. The summed E-state index contributed by atoms with van der Waals surface area (Å²) < 4.78 is 152. The zero-order valence-corrected chi connectivity index (χ0v) is 15.3. The summed E-state index contributed by atoms with van der Waals surface area (Å²) in [6, 6.07) is -6.19. The van der Waals surface area contributed by atoms with Crippen LogP contribution in [-0.4, -0.2) is 24.7 Å². The van der Waals surface area contributed by atoms with E-state index >= 15 is 0 Å². The smallest absolute Gasteiger partial charge is 0.274 e. The summed E-state index contributed by atoms with van der Waals surface area (Å²) >= 11 is 0. The Labute approximate surface area is 159 Å². The summed E-state index contributed by atoms with van der Waals surface area (Å²) in [5.41, 5.74) is -3.85. The fraction of sp³-hybridized carbons (Fsp3) is 0.647. The molecule has 0 bridgehead atoms. The summed E-state index contributed by atoms with van der Waals surface area (Å²) in [6.45, 7) is -0.689. The molecular weight excluding hydrogens is 427 g/mol. The summed E-state index contributed by atoms with van der Waals surface area (Å²) in [5, 5.41) is 0. The maximum Gasteiger partial charge on any atom is 0.397 e. The monoisotopic (exact) mass is 445 g/mol. The van der Waals surface area contributed by atoms with E-state index in [1.807, 2.05) is 0 Å². The van der Waals surface area contributed by atoms with Crippen LogP contribution in [0.5, 0.6) is 0 Å². The molecule has 0 N–H and O–H groups in total. The molecule has 12 heteroatoms. The van der Waals surface area contributed by atoms with Crippen molar-refractivity contribution in [2.24, 2.45) is 0 Å². The van der Waals surface area contributed by atoms with Gasteiger partial charge >= 0.3 is 17.9 Å². The van der Waals surface area contributed by atoms with Crippen molar-refractivity contribution < 1.29 is 48.3 Å². The average molecular weight is 445 g/mol. The van der Waals surface area contributed by atoms with Gasteiger partial charge in [0.1, 0.15) is 5.69 Å². The Morgan fingerprint density at radius 1 is 0.759 bits per heavy atom. The quantitative estimate of drug-likeness (QED) is 0.122.